The Morgan fingerprint density at radius 3 is 2.82 bits per heavy atom. The summed E-state index contributed by atoms with van der Waals surface area (Å²) in [5.74, 6) is -0.808. The number of nitro benzene ring substituents is 1. The molecular formula is C17H13FN4O5S. The van der Waals surface area contributed by atoms with Crippen molar-refractivity contribution in [1.29, 1.82) is 0 Å². The second-order valence-corrected chi connectivity index (χ2v) is 6.26. The van der Waals surface area contributed by atoms with Gasteiger partial charge >= 0.3 is 0 Å². The third-order valence-corrected chi connectivity index (χ3v) is 4.33. The van der Waals surface area contributed by atoms with E-state index in [9.17, 15) is 19.3 Å². The molecule has 1 amide bonds. The lowest BCUT2D eigenvalue weighted by molar-refractivity contribution is -0.384. The molecular weight excluding hydrogens is 391 g/mol. The van der Waals surface area contributed by atoms with Crippen LogP contribution in [0.1, 0.15) is 0 Å². The molecule has 9 nitrogen and oxygen atoms in total. The van der Waals surface area contributed by atoms with E-state index < -0.39 is 16.6 Å². The van der Waals surface area contributed by atoms with Crippen molar-refractivity contribution in [3.8, 4) is 17.2 Å². The van der Waals surface area contributed by atoms with Crippen LogP contribution >= 0.6 is 11.8 Å². The number of amides is 1. The third kappa shape index (κ3) is 4.43. The molecule has 2 aromatic carbocycles. The molecule has 0 fully saturated rings. The summed E-state index contributed by atoms with van der Waals surface area (Å²) < 4.78 is 24.2. The van der Waals surface area contributed by atoms with Crippen LogP contribution in [0.5, 0.6) is 5.75 Å². The van der Waals surface area contributed by atoms with E-state index in [-0.39, 0.29) is 39.6 Å². The highest BCUT2D eigenvalue weighted by Gasteiger charge is 2.16. The second kappa shape index (κ2) is 8.48. The number of benzene rings is 2. The van der Waals surface area contributed by atoms with Crippen molar-refractivity contribution in [2.24, 2.45) is 0 Å². The van der Waals surface area contributed by atoms with Gasteiger partial charge in [0.2, 0.25) is 5.91 Å². The number of carbonyl (C=O) groups excluding carboxylic acids is 1. The topological polar surface area (TPSA) is 120 Å². The summed E-state index contributed by atoms with van der Waals surface area (Å²) in [4.78, 5) is 22.4. The van der Waals surface area contributed by atoms with Crippen LogP contribution in [0, 0.1) is 15.9 Å². The Kier molecular flexibility index (Phi) is 5.84. The first-order chi connectivity index (χ1) is 13.5. The highest BCUT2D eigenvalue weighted by molar-refractivity contribution is 7.99. The van der Waals surface area contributed by atoms with Crippen molar-refractivity contribution in [3.05, 3.63) is 58.4 Å². The van der Waals surface area contributed by atoms with Crippen LogP contribution in [0.2, 0.25) is 0 Å². The third-order valence-electron chi connectivity index (χ3n) is 3.51. The molecule has 3 rings (SSSR count). The number of nitrogens with zero attached hydrogens (tertiary/aromatic N) is 3. The molecule has 0 saturated heterocycles. The molecule has 0 atom stereocenters. The summed E-state index contributed by atoms with van der Waals surface area (Å²) in [5.41, 5.74) is 0.300. The normalized spacial score (nSPS) is 10.5. The fraction of sp³-hybridized carbons (Fsp3) is 0.118. The summed E-state index contributed by atoms with van der Waals surface area (Å²) in [5, 5.41) is 21.0. The summed E-state index contributed by atoms with van der Waals surface area (Å²) in [6, 6.07) is 9.80. The van der Waals surface area contributed by atoms with E-state index >= 15 is 0 Å². The van der Waals surface area contributed by atoms with Crippen LogP contribution in [0.3, 0.4) is 0 Å². The number of rotatable bonds is 7. The van der Waals surface area contributed by atoms with E-state index in [2.05, 4.69) is 15.5 Å². The summed E-state index contributed by atoms with van der Waals surface area (Å²) in [6.45, 7) is 0. The maximum absolute atomic E-state index is 13.7. The lowest BCUT2D eigenvalue weighted by Crippen LogP contribution is -2.14. The number of nitro groups is 1. The van der Waals surface area contributed by atoms with Crippen LogP contribution < -0.4 is 10.1 Å². The van der Waals surface area contributed by atoms with Crippen molar-refractivity contribution in [1.82, 2.24) is 10.2 Å². The molecule has 0 aliphatic rings. The smallest absolute Gasteiger partial charge is 0.277 e. The van der Waals surface area contributed by atoms with E-state index in [1.807, 2.05) is 0 Å². The lowest BCUT2D eigenvalue weighted by atomic mass is 10.2. The molecule has 1 N–H and O–H groups in total. The quantitative estimate of drug-likeness (QED) is 0.361. The standard InChI is InChI=1S/C17H13FN4O5S/c1-26-14-8-10(22(24)25)6-7-13(14)19-15(23)9-28-17-21-20-16(27-17)11-4-2-3-5-12(11)18/h2-8H,9H2,1H3,(H,19,23). The number of non-ortho nitro benzene ring substituents is 1. The SMILES string of the molecule is COc1cc([N+](=O)[O-])ccc1NC(=O)CSc1nnc(-c2ccccc2F)o1. The first kappa shape index (κ1) is 19.3. The zero-order valence-electron chi connectivity index (χ0n) is 14.4. The molecule has 144 valence electrons. The van der Waals surface area contributed by atoms with Crippen LogP contribution in [0.25, 0.3) is 11.5 Å². The molecule has 0 spiro atoms. The number of ether oxygens (including phenoxy) is 1. The zero-order chi connectivity index (χ0) is 20.1. The predicted octanol–water partition coefficient (Wildman–Crippen LogP) is 3.52. The second-order valence-electron chi connectivity index (χ2n) is 5.33. The van der Waals surface area contributed by atoms with Crippen LogP contribution in [0.15, 0.2) is 52.1 Å². The number of halogens is 1. The Labute approximate surface area is 162 Å². The van der Waals surface area contributed by atoms with Crippen molar-refractivity contribution < 1.29 is 23.3 Å². The van der Waals surface area contributed by atoms with Crippen LogP contribution in [-0.4, -0.2) is 33.9 Å². The van der Waals surface area contributed by atoms with Crippen molar-refractivity contribution >= 4 is 29.0 Å². The molecule has 3 aromatic rings. The molecule has 0 bridgehead atoms. The predicted molar refractivity (Wildman–Crippen MR) is 98.7 cm³/mol. The van der Waals surface area contributed by atoms with Gasteiger partial charge in [-0.1, -0.05) is 23.9 Å². The first-order valence-electron chi connectivity index (χ1n) is 7.81. The Hall–Kier alpha value is -3.47. The number of hydrogen-bond acceptors (Lipinski definition) is 8. The minimum atomic E-state index is -0.563. The Morgan fingerprint density at radius 1 is 1.32 bits per heavy atom. The number of thioether (sulfide) groups is 1. The van der Waals surface area contributed by atoms with Crippen LogP contribution in [0.4, 0.5) is 15.8 Å². The van der Waals surface area contributed by atoms with E-state index in [1.165, 1.54) is 37.4 Å². The van der Waals surface area contributed by atoms with Gasteiger partial charge in [0, 0.05) is 6.07 Å². The van der Waals surface area contributed by atoms with Gasteiger partial charge in [-0.25, -0.2) is 4.39 Å². The van der Waals surface area contributed by atoms with E-state index in [0.29, 0.717) is 0 Å². The van der Waals surface area contributed by atoms with E-state index in [1.54, 1.807) is 12.1 Å². The van der Waals surface area contributed by atoms with Gasteiger partial charge in [0.1, 0.15) is 11.6 Å². The average molecular weight is 404 g/mol. The Balaban J connectivity index is 1.62. The van der Waals surface area contributed by atoms with Crippen molar-refractivity contribution in [2.45, 2.75) is 5.22 Å². The molecule has 0 aliphatic heterocycles. The molecule has 0 aliphatic carbocycles. The number of aromatic nitrogens is 2. The van der Waals surface area contributed by atoms with Gasteiger partial charge in [0.05, 0.1) is 35.1 Å². The molecule has 0 radical (unpaired) electrons. The fourth-order valence-electron chi connectivity index (χ4n) is 2.22. The zero-order valence-corrected chi connectivity index (χ0v) is 15.2. The lowest BCUT2D eigenvalue weighted by Gasteiger charge is -2.09. The molecule has 0 saturated carbocycles. The maximum Gasteiger partial charge on any atom is 0.277 e. The number of methoxy groups -OCH3 is 1. The minimum Gasteiger partial charge on any atom is -0.494 e. The van der Waals surface area contributed by atoms with Crippen molar-refractivity contribution in [2.75, 3.05) is 18.2 Å². The van der Waals surface area contributed by atoms with Gasteiger partial charge in [-0.3, -0.25) is 14.9 Å². The fourth-order valence-corrected chi connectivity index (χ4v) is 2.79. The van der Waals surface area contributed by atoms with Crippen molar-refractivity contribution in [3.63, 3.8) is 0 Å². The van der Waals surface area contributed by atoms with Gasteiger partial charge in [0.15, 0.2) is 0 Å². The molecule has 1 heterocycles. The highest BCUT2D eigenvalue weighted by Crippen LogP contribution is 2.30. The average Bonchev–Trinajstić information content (AvgIpc) is 3.15. The van der Waals surface area contributed by atoms with Crippen LogP contribution in [-0.2, 0) is 4.79 Å². The van der Waals surface area contributed by atoms with Gasteiger partial charge in [0.25, 0.3) is 16.8 Å². The maximum atomic E-state index is 13.7. The molecule has 1 aromatic heterocycles. The largest absolute Gasteiger partial charge is 0.494 e. The number of hydrogen-bond donors (Lipinski definition) is 1. The van der Waals surface area contributed by atoms with Gasteiger partial charge in [-0.2, -0.15) is 0 Å². The van der Waals surface area contributed by atoms with Gasteiger partial charge in [-0.15, -0.1) is 10.2 Å². The summed E-state index contributed by atoms with van der Waals surface area (Å²) in [7, 11) is 1.34. The van der Waals surface area contributed by atoms with E-state index in [4.69, 9.17) is 9.15 Å². The minimum absolute atomic E-state index is 0.0121. The number of carbonyl (C=O) groups is 1. The number of anilines is 1. The summed E-state index contributed by atoms with van der Waals surface area (Å²) >= 11 is 0.967. The Morgan fingerprint density at radius 2 is 2.11 bits per heavy atom. The summed E-state index contributed by atoms with van der Waals surface area (Å²) in [6.07, 6.45) is 0. The van der Waals surface area contributed by atoms with Gasteiger partial charge < -0.3 is 14.5 Å². The monoisotopic (exact) mass is 404 g/mol. The highest BCUT2D eigenvalue weighted by atomic mass is 32.2. The molecule has 28 heavy (non-hydrogen) atoms. The Bertz CT molecular complexity index is 1030. The molecule has 11 heteroatoms. The number of nitrogens with one attached hydrogen (secondary N) is 1. The first-order valence-corrected chi connectivity index (χ1v) is 8.80. The van der Waals surface area contributed by atoms with E-state index in [0.717, 1.165) is 11.8 Å². The van der Waals surface area contributed by atoms with Gasteiger partial charge in [-0.05, 0) is 18.2 Å². The molecule has 0 unspecified atom stereocenters.